The molecule has 0 radical (unpaired) electrons. The number of piperidine rings is 1. The van der Waals surface area contributed by atoms with Crippen LogP contribution in [0.15, 0.2) is 136 Å². The minimum Gasteiger partial charge on any atom is -0.388 e. The predicted octanol–water partition coefficient (Wildman–Crippen LogP) is 8.66. The number of halogens is 4. The average Bonchev–Trinajstić information content (AvgIpc) is 3.30. The summed E-state index contributed by atoms with van der Waals surface area (Å²) in [5.74, 6) is -0.718. The van der Waals surface area contributed by atoms with Gasteiger partial charge in [-0.25, -0.2) is 21.6 Å². The number of aliphatic hydroxyl groups is 1. The van der Waals surface area contributed by atoms with Crippen molar-refractivity contribution in [2.45, 2.75) is 51.6 Å². The molecule has 18 heteroatoms. The van der Waals surface area contributed by atoms with E-state index in [1.807, 2.05) is 83.6 Å². The minimum absolute atomic E-state index is 0.0168. The number of ether oxygens (including phenoxy) is 1. The third kappa shape index (κ3) is 11.6. The number of hydrogen-bond acceptors (Lipinski definition) is 11. The molecule has 3 N–H and O–H groups in total. The van der Waals surface area contributed by atoms with Gasteiger partial charge in [0, 0.05) is 65.7 Å². The number of amides is 1. The number of thioether (sulfide) groups is 1. The van der Waals surface area contributed by atoms with E-state index in [4.69, 9.17) is 16.3 Å². The second-order valence-electron chi connectivity index (χ2n) is 15.7. The van der Waals surface area contributed by atoms with Crippen molar-refractivity contribution in [3.8, 4) is 11.1 Å². The first-order chi connectivity index (χ1) is 30.6. The monoisotopic (exact) mass is 956 g/mol. The number of rotatable bonds is 16. The van der Waals surface area contributed by atoms with Gasteiger partial charge in [0.25, 0.3) is 25.8 Å². The predicted molar refractivity (Wildman–Crippen MR) is 244 cm³/mol. The van der Waals surface area contributed by atoms with Gasteiger partial charge >= 0.3 is 5.51 Å². The average molecular weight is 958 g/mol. The van der Waals surface area contributed by atoms with Crippen molar-refractivity contribution in [1.29, 1.82) is 0 Å². The van der Waals surface area contributed by atoms with Gasteiger partial charge in [-0.3, -0.25) is 9.69 Å². The van der Waals surface area contributed by atoms with Gasteiger partial charge in [-0.05, 0) is 109 Å². The smallest absolute Gasteiger partial charge is 0.388 e. The van der Waals surface area contributed by atoms with Crippen LogP contribution in [0.2, 0.25) is 5.02 Å². The number of alkyl halides is 3. The Balaban J connectivity index is 1.02. The fraction of sp³-hybridized carbons (Fsp3) is 0.326. The normalized spacial score (nSPS) is 16.5. The summed E-state index contributed by atoms with van der Waals surface area (Å²) in [7, 11) is -10.9. The Kier molecular flexibility index (Phi) is 15.3. The number of nitrogens with zero attached hydrogens (tertiary/aromatic N) is 2. The van der Waals surface area contributed by atoms with Crippen LogP contribution in [-0.4, -0.2) is 96.0 Å². The molecule has 7 rings (SSSR count). The molecule has 0 aromatic heterocycles. The van der Waals surface area contributed by atoms with Crippen molar-refractivity contribution in [2.75, 3.05) is 61.9 Å². The van der Waals surface area contributed by atoms with Crippen LogP contribution in [0.25, 0.3) is 11.1 Å². The van der Waals surface area contributed by atoms with E-state index in [1.165, 1.54) is 23.9 Å². The van der Waals surface area contributed by atoms with Crippen LogP contribution in [0.3, 0.4) is 0 Å². The molecule has 5 aromatic carbocycles. The molecule has 0 bridgehead atoms. The van der Waals surface area contributed by atoms with Gasteiger partial charge < -0.3 is 20.1 Å². The summed E-state index contributed by atoms with van der Waals surface area (Å²) in [5.41, 5.74) is -2.73. The zero-order valence-electron chi connectivity index (χ0n) is 34.6. The van der Waals surface area contributed by atoms with Crippen LogP contribution in [0.5, 0.6) is 0 Å². The molecule has 64 heavy (non-hydrogen) atoms. The van der Waals surface area contributed by atoms with Crippen LogP contribution in [0.1, 0.15) is 41.3 Å². The molecule has 2 heterocycles. The number of nitrogens with one attached hydrogen (secondary N) is 2. The van der Waals surface area contributed by atoms with Crippen LogP contribution >= 0.6 is 23.4 Å². The lowest BCUT2D eigenvalue weighted by Crippen LogP contribution is -2.39. The molecule has 2 saturated heterocycles. The van der Waals surface area contributed by atoms with Crippen molar-refractivity contribution in [3.05, 3.63) is 137 Å². The zero-order chi connectivity index (χ0) is 45.5. The highest BCUT2D eigenvalue weighted by atomic mass is 35.5. The number of morpholine rings is 1. The summed E-state index contributed by atoms with van der Waals surface area (Å²) < 4.78 is 103. The van der Waals surface area contributed by atoms with Crippen molar-refractivity contribution < 1.29 is 44.6 Å². The van der Waals surface area contributed by atoms with Gasteiger partial charge in [0.2, 0.25) is 0 Å². The molecular formula is C46H48ClF3N4O7S3. The fourth-order valence-corrected chi connectivity index (χ4v) is 11.0. The number of benzene rings is 5. The third-order valence-corrected chi connectivity index (χ3v) is 15.7. The van der Waals surface area contributed by atoms with E-state index in [9.17, 15) is 39.9 Å². The largest absolute Gasteiger partial charge is 0.501 e. The summed E-state index contributed by atoms with van der Waals surface area (Å²) in [6.07, 6.45) is 1.09. The summed E-state index contributed by atoms with van der Waals surface area (Å²) in [5, 5.41) is 15.1. The standard InChI is InChI=1S/C46H48ClF3N4O7S3/c47-35-14-10-32(11-15-35)40-8-4-5-9-41(40)44(55)33-20-24-54(25-21-33)37-16-12-34(13-17-37)45(56)52-64(59,60)39-18-19-42(43(30-39)63(57,58)46(48,49)50)51-36(22-23-53-26-28-61-29-27-53)31-62-38-6-2-1-3-7-38/h1-19,30,33,36,44,51,55H,20-29,31H2,(H,52,56)/t36-,44?/m1/s1. The fourth-order valence-electron chi connectivity index (χ4n) is 7.87. The first kappa shape index (κ1) is 47.3. The first-order valence-corrected chi connectivity index (χ1v) is 25.1. The topological polar surface area (TPSA) is 145 Å². The molecular weight excluding hydrogens is 909 g/mol. The highest BCUT2D eigenvalue weighted by Crippen LogP contribution is 2.39. The van der Waals surface area contributed by atoms with Crippen LogP contribution in [-0.2, 0) is 24.6 Å². The second kappa shape index (κ2) is 20.7. The Morgan fingerprint density at radius 2 is 1.50 bits per heavy atom. The zero-order valence-corrected chi connectivity index (χ0v) is 37.8. The van der Waals surface area contributed by atoms with Gasteiger partial charge in [0.15, 0.2) is 0 Å². The number of anilines is 2. The Morgan fingerprint density at radius 1 is 0.844 bits per heavy atom. The quantitative estimate of drug-likeness (QED) is 0.0818. The maximum Gasteiger partial charge on any atom is 0.501 e. The maximum absolute atomic E-state index is 14.2. The van der Waals surface area contributed by atoms with Crippen LogP contribution < -0.4 is 14.9 Å². The van der Waals surface area contributed by atoms with E-state index in [0.717, 1.165) is 39.4 Å². The summed E-state index contributed by atoms with van der Waals surface area (Å²) >= 11 is 7.54. The molecule has 2 atom stereocenters. The van der Waals surface area contributed by atoms with Crippen molar-refractivity contribution in [1.82, 2.24) is 9.62 Å². The SMILES string of the molecule is O=C(NS(=O)(=O)c1ccc(N[C@H](CCN2CCOCC2)CSc2ccccc2)c(S(=O)(=O)C(F)(F)F)c1)c1ccc(N2CCC(C(O)c3ccccc3-c3ccc(Cl)cc3)CC2)cc1. The molecule has 2 fully saturated rings. The second-order valence-corrected chi connectivity index (χ2v) is 20.8. The Hall–Kier alpha value is -4.62. The Labute approximate surface area is 380 Å². The molecule has 1 unspecified atom stereocenters. The van der Waals surface area contributed by atoms with E-state index in [2.05, 4.69) is 15.1 Å². The summed E-state index contributed by atoms with van der Waals surface area (Å²) in [6, 6.07) is 32.6. The molecule has 340 valence electrons. The highest BCUT2D eigenvalue weighted by Gasteiger charge is 2.48. The van der Waals surface area contributed by atoms with Gasteiger partial charge in [-0.15, -0.1) is 11.8 Å². The molecule has 1 amide bonds. The van der Waals surface area contributed by atoms with Crippen molar-refractivity contribution >= 4 is 60.5 Å². The lowest BCUT2D eigenvalue weighted by atomic mass is 9.84. The van der Waals surface area contributed by atoms with E-state index >= 15 is 0 Å². The van der Waals surface area contributed by atoms with Crippen molar-refractivity contribution in [2.24, 2.45) is 5.92 Å². The van der Waals surface area contributed by atoms with Crippen molar-refractivity contribution in [3.63, 3.8) is 0 Å². The summed E-state index contributed by atoms with van der Waals surface area (Å²) in [4.78, 5) is 16.3. The van der Waals surface area contributed by atoms with Gasteiger partial charge in [0.1, 0.15) is 4.90 Å². The van der Waals surface area contributed by atoms with E-state index < -0.39 is 58.9 Å². The molecule has 11 nitrogen and oxygen atoms in total. The molecule has 2 aliphatic heterocycles. The maximum atomic E-state index is 14.2. The molecule has 0 aliphatic carbocycles. The lowest BCUT2D eigenvalue weighted by molar-refractivity contribution is -0.0435. The van der Waals surface area contributed by atoms with Gasteiger partial charge in [0.05, 0.1) is 29.9 Å². The third-order valence-electron chi connectivity index (χ3n) is 11.5. The lowest BCUT2D eigenvalue weighted by Gasteiger charge is -2.36. The van der Waals surface area contributed by atoms with Gasteiger partial charge in [-0.2, -0.15) is 13.2 Å². The number of carbonyl (C=O) groups is 1. The molecule has 5 aromatic rings. The highest BCUT2D eigenvalue weighted by molar-refractivity contribution is 7.99. The minimum atomic E-state index is -6.07. The number of aliphatic hydroxyl groups excluding tert-OH is 1. The van der Waals surface area contributed by atoms with Crippen LogP contribution in [0.4, 0.5) is 24.5 Å². The van der Waals surface area contributed by atoms with E-state index in [1.54, 1.807) is 12.1 Å². The number of hydrogen-bond donors (Lipinski definition) is 3. The first-order valence-electron chi connectivity index (χ1n) is 20.7. The van der Waals surface area contributed by atoms with E-state index in [-0.39, 0.29) is 11.5 Å². The van der Waals surface area contributed by atoms with Crippen LogP contribution in [0, 0.1) is 5.92 Å². The van der Waals surface area contributed by atoms with Gasteiger partial charge in [-0.1, -0.05) is 66.2 Å². The van der Waals surface area contributed by atoms with E-state index in [0.29, 0.717) is 82.0 Å². The molecule has 0 saturated carbocycles. The molecule has 2 aliphatic rings. The Morgan fingerprint density at radius 3 is 2.17 bits per heavy atom. The number of sulfonamides is 1. The molecule has 0 spiro atoms. The number of sulfone groups is 1. The number of carbonyl (C=O) groups excluding carboxylic acids is 1. The summed E-state index contributed by atoms with van der Waals surface area (Å²) in [6.45, 7) is 4.20. The Bertz CT molecular complexity index is 2590.